The molecule has 3 heteroatoms. The van der Waals surface area contributed by atoms with Gasteiger partial charge in [-0.1, -0.05) is 44.2 Å². The topological polar surface area (TPSA) is 38.0 Å². The predicted octanol–water partition coefficient (Wildman–Crippen LogP) is 3.40. The zero-order chi connectivity index (χ0) is 12.4. The van der Waals surface area contributed by atoms with Gasteiger partial charge in [-0.25, -0.2) is 0 Å². The second-order valence-electron chi connectivity index (χ2n) is 4.42. The molecule has 0 unspecified atom stereocenters. The molecule has 3 nitrogen and oxygen atoms in total. The molecule has 0 bridgehead atoms. The first-order chi connectivity index (χ1) is 8.15. The van der Waals surface area contributed by atoms with E-state index in [4.69, 9.17) is 0 Å². The Morgan fingerprint density at radius 3 is 2.35 bits per heavy atom. The summed E-state index contributed by atoms with van der Waals surface area (Å²) in [4.78, 5) is 0. The highest BCUT2D eigenvalue weighted by Crippen LogP contribution is 2.35. The minimum atomic E-state index is 0.264. The average Bonchev–Trinajstić information content (AvgIpc) is 2.67. The van der Waals surface area contributed by atoms with E-state index in [2.05, 4.69) is 18.9 Å². The minimum Gasteiger partial charge on any atom is -0.504 e. The monoisotopic (exact) mass is 230 g/mol. The highest BCUT2D eigenvalue weighted by molar-refractivity contribution is 5.67. The summed E-state index contributed by atoms with van der Waals surface area (Å²) in [6.45, 7) is 6.94. The van der Waals surface area contributed by atoms with Gasteiger partial charge in [0.05, 0.1) is 5.69 Å². The van der Waals surface area contributed by atoms with Gasteiger partial charge in [0.1, 0.15) is 5.69 Å². The van der Waals surface area contributed by atoms with Crippen LogP contribution in [0, 0.1) is 0 Å². The smallest absolute Gasteiger partial charge is 0.165 e. The lowest BCUT2D eigenvalue weighted by Crippen LogP contribution is -2.03. The molecule has 2 aromatic rings. The first-order valence-electron chi connectivity index (χ1n) is 6.00. The molecule has 17 heavy (non-hydrogen) atoms. The summed E-state index contributed by atoms with van der Waals surface area (Å²) in [7, 11) is 0. The van der Waals surface area contributed by atoms with E-state index in [0.29, 0.717) is 11.4 Å². The van der Waals surface area contributed by atoms with Gasteiger partial charge in [-0.05, 0) is 12.8 Å². The minimum absolute atomic E-state index is 0.264. The highest BCUT2D eigenvalue weighted by atomic mass is 16.3. The predicted molar refractivity (Wildman–Crippen MR) is 69.1 cm³/mol. The molecule has 1 N–H and O–H groups in total. The fraction of sp³-hybridized carbons (Fsp3) is 0.357. The van der Waals surface area contributed by atoms with Crippen LogP contribution in [0.5, 0.6) is 5.75 Å². The van der Waals surface area contributed by atoms with E-state index in [9.17, 15) is 5.11 Å². The van der Waals surface area contributed by atoms with Crippen LogP contribution in [-0.4, -0.2) is 14.9 Å². The van der Waals surface area contributed by atoms with Crippen molar-refractivity contribution in [2.45, 2.75) is 33.2 Å². The Morgan fingerprint density at radius 1 is 1.24 bits per heavy atom. The van der Waals surface area contributed by atoms with Crippen molar-refractivity contribution < 1.29 is 5.11 Å². The Morgan fingerprint density at radius 2 is 1.88 bits per heavy atom. The third-order valence-corrected chi connectivity index (χ3v) is 2.86. The molecule has 0 amide bonds. The van der Waals surface area contributed by atoms with Crippen molar-refractivity contribution in [2.24, 2.45) is 0 Å². The first kappa shape index (κ1) is 11.7. The van der Waals surface area contributed by atoms with Crippen LogP contribution in [0.3, 0.4) is 0 Å². The van der Waals surface area contributed by atoms with Crippen molar-refractivity contribution in [3.05, 3.63) is 36.0 Å². The maximum absolute atomic E-state index is 10.3. The first-order valence-corrected chi connectivity index (χ1v) is 6.00. The fourth-order valence-electron chi connectivity index (χ4n) is 2.07. The third kappa shape index (κ3) is 2.05. The molecule has 90 valence electrons. The molecule has 2 rings (SSSR count). The lowest BCUT2D eigenvalue weighted by molar-refractivity contribution is 0.459. The molecule has 0 spiro atoms. The molecule has 0 saturated heterocycles. The Bertz CT molecular complexity index is 500. The summed E-state index contributed by atoms with van der Waals surface area (Å²) < 4.78 is 1.88. The largest absolute Gasteiger partial charge is 0.504 e. The summed E-state index contributed by atoms with van der Waals surface area (Å²) in [5.41, 5.74) is 2.54. The van der Waals surface area contributed by atoms with Gasteiger partial charge in [-0.3, -0.25) is 4.68 Å². The molecule has 0 fully saturated rings. The Kier molecular flexibility index (Phi) is 3.18. The zero-order valence-electron chi connectivity index (χ0n) is 10.5. The average molecular weight is 230 g/mol. The van der Waals surface area contributed by atoms with E-state index in [-0.39, 0.29) is 5.92 Å². The van der Waals surface area contributed by atoms with Gasteiger partial charge in [-0.2, -0.15) is 5.10 Å². The van der Waals surface area contributed by atoms with Gasteiger partial charge in [0.15, 0.2) is 5.75 Å². The van der Waals surface area contributed by atoms with Crippen molar-refractivity contribution >= 4 is 0 Å². The highest BCUT2D eigenvalue weighted by Gasteiger charge is 2.19. The van der Waals surface area contributed by atoms with Crippen LogP contribution in [0.1, 0.15) is 32.4 Å². The van der Waals surface area contributed by atoms with E-state index < -0.39 is 0 Å². The van der Waals surface area contributed by atoms with Crippen molar-refractivity contribution in [1.82, 2.24) is 9.78 Å². The van der Waals surface area contributed by atoms with Crippen molar-refractivity contribution in [3.8, 4) is 17.0 Å². The number of benzene rings is 1. The zero-order valence-corrected chi connectivity index (χ0v) is 10.5. The van der Waals surface area contributed by atoms with Gasteiger partial charge in [0.2, 0.25) is 0 Å². The molecule has 0 aliphatic heterocycles. The Hall–Kier alpha value is -1.77. The molecule has 1 aromatic heterocycles. The summed E-state index contributed by atoms with van der Waals surface area (Å²) in [5.74, 6) is 0.577. The summed E-state index contributed by atoms with van der Waals surface area (Å²) in [5, 5.41) is 14.8. The Balaban J connectivity index is 2.57. The lowest BCUT2D eigenvalue weighted by atomic mass is 10.1. The van der Waals surface area contributed by atoms with E-state index >= 15 is 0 Å². The van der Waals surface area contributed by atoms with Gasteiger partial charge in [0, 0.05) is 12.1 Å². The number of aromatic nitrogens is 2. The van der Waals surface area contributed by atoms with Crippen LogP contribution < -0.4 is 0 Å². The van der Waals surface area contributed by atoms with Gasteiger partial charge < -0.3 is 5.11 Å². The van der Waals surface area contributed by atoms with Crippen LogP contribution in [-0.2, 0) is 6.54 Å². The van der Waals surface area contributed by atoms with Crippen LogP contribution in [0.4, 0.5) is 0 Å². The van der Waals surface area contributed by atoms with Crippen LogP contribution in [0.25, 0.3) is 11.3 Å². The number of rotatable bonds is 3. The summed E-state index contributed by atoms with van der Waals surface area (Å²) in [6, 6.07) is 9.79. The molecule has 0 aliphatic rings. The van der Waals surface area contributed by atoms with E-state index in [1.165, 1.54) is 0 Å². The van der Waals surface area contributed by atoms with E-state index in [1.807, 2.05) is 41.9 Å². The normalized spacial score (nSPS) is 11.1. The van der Waals surface area contributed by atoms with Crippen molar-refractivity contribution in [2.75, 3.05) is 0 Å². The fourth-order valence-corrected chi connectivity index (χ4v) is 2.07. The van der Waals surface area contributed by atoms with Crippen molar-refractivity contribution in [3.63, 3.8) is 0 Å². The van der Waals surface area contributed by atoms with Crippen molar-refractivity contribution in [1.29, 1.82) is 0 Å². The molecule has 0 atom stereocenters. The molecule has 1 aromatic carbocycles. The number of nitrogens with zero attached hydrogens (tertiary/aromatic N) is 2. The van der Waals surface area contributed by atoms with Crippen LogP contribution in [0.15, 0.2) is 30.3 Å². The number of hydrogen-bond donors (Lipinski definition) is 1. The summed E-state index contributed by atoms with van der Waals surface area (Å²) >= 11 is 0. The SMILES string of the molecule is CCn1nc(-c2ccccc2)c(O)c1C(C)C. The second kappa shape index (κ2) is 4.62. The molecular formula is C14H18N2O. The number of hydrogen-bond acceptors (Lipinski definition) is 2. The van der Waals surface area contributed by atoms with Gasteiger partial charge in [-0.15, -0.1) is 0 Å². The molecule has 0 aliphatic carbocycles. The third-order valence-electron chi connectivity index (χ3n) is 2.86. The van der Waals surface area contributed by atoms with Gasteiger partial charge >= 0.3 is 0 Å². The maximum atomic E-state index is 10.3. The van der Waals surface area contributed by atoms with E-state index in [1.54, 1.807) is 0 Å². The molecular weight excluding hydrogens is 212 g/mol. The van der Waals surface area contributed by atoms with Crippen LogP contribution in [0.2, 0.25) is 0 Å². The van der Waals surface area contributed by atoms with Crippen LogP contribution >= 0.6 is 0 Å². The number of aromatic hydroxyl groups is 1. The second-order valence-corrected chi connectivity index (χ2v) is 4.42. The maximum Gasteiger partial charge on any atom is 0.165 e. The van der Waals surface area contributed by atoms with Gasteiger partial charge in [0.25, 0.3) is 0 Å². The van der Waals surface area contributed by atoms with E-state index in [0.717, 1.165) is 17.8 Å². The quantitative estimate of drug-likeness (QED) is 0.877. The standard InChI is InChI=1S/C14H18N2O/c1-4-16-13(10(2)3)14(17)12(15-16)11-8-6-5-7-9-11/h5-10,17H,4H2,1-3H3. The number of aryl methyl sites for hydroxylation is 1. The molecule has 0 saturated carbocycles. The Labute approximate surface area is 102 Å². The lowest BCUT2D eigenvalue weighted by Gasteiger charge is -2.07. The summed E-state index contributed by atoms with van der Waals surface area (Å²) in [6.07, 6.45) is 0. The molecule has 1 heterocycles. The molecule has 0 radical (unpaired) electrons.